The number of fused-ring (bicyclic) bond motifs is 1. The minimum atomic E-state index is 0.355. The van der Waals surface area contributed by atoms with Crippen LogP contribution in [-0.2, 0) is 19.4 Å². The van der Waals surface area contributed by atoms with Gasteiger partial charge in [0, 0.05) is 18.6 Å². The van der Waals surface area contributed by atoms with E-state index < -0.39 is 0 Å². The highest BCUT2D eigenvalue weighted by atomic mass is 15.0. The van der Waals surface area contributed by atoms with E-state index in [2.05, 4.69) is 23.5 Å². The zero-order chi connectivity index (χ0) is 12.4. The summed E-state index contributed by atoms with van der Waals surface area (Å²) in [5, 5.41) is 3.65. The number of hydrogen-bond donors (Lipinski definition) is 2. The van der Waals surface area contributed by atoms with Crippen LogP contribution in [0.5, 0.6) is 0 Å². The van der Waals surface area contributed by atoms with E-state index in [4.69, 9.17) is 5.73 Å². The smallest absolute Gasteiger partial charge is 0.0222 e. The lowest BCUT2D eigenvalue weighted by Gasteiger charge is -2.29. The molecule has 2 unspecified atom stereocenters. The molecule has 0 amide bonds. The van der Waals surface area contributed by atoms with Gasteiger partial charge < -0.3 is 11.1 Å². The van der Waals surface area contributed by atoms with E-state index in [1.807, 2.05) is 0 Å². The Balaban J connectivity index is 1.59. The molecule has 0 saturated heterocycles. The van der Waals surface area contributed by atoms with Crippen molar-refractivity contribution in [1.29, 1.82) is 0 Å². The molecule has 0 radical (unpaired) electrons. The molecule has 2 nitrogen and oxygen atoms in total. The van der Waals surface area contributed by atoms with Crippen molar-refractivity contribution in [2.45, 2.75) is 63.6 Å². The third-order valence-electron chi connectivity index (χ3n) is 4.55. The maximum absolute atomic E-state index is 6.17. The van der Waals surface area contributed by atoms with Crippen LogP contribution in [0.1, 0.15) is 48.8 Å². The lowest BCUT2D eigenvalue weighted by Crippen LogP contribution is -2.46. The Morgan fingerprint density at radius 3 is 2.78 bits per heavy atom. The molecule has 2 aliphatic rings. The fraction of sp³-hybridized carbons (Fsp3) is 0.625. The maximum atomic E-state index is 6.17. The first-order chi connectivity index (χ1) is 8.83. The highest BCUT2D eigenvalue weighted by Gasteiger charge is 2.21. The van der Waals surface area contributed by atoms with E-state index in [1.54, 1.807) is 11.1 Å². The quantitative estimate of drug-likeness (QED) is 0.857. The molecule has 1 saturated carbocycles. The highest BCUT2D eigenvalue weighted by Crippen LogP contribution is 2.23. The molecule has 1 fully saturated rings. The number of nitrogens with one attached hydrogen (secondary N) is 1. The SMILES string of the molecule is NC1CCCCC1NCc1ccc2c(c1)CCC2. The second-order valence-electron chi connectivity index (χ2n) is 5.89. The van der Waals surface area contributed by atoms with Crippen molar-refractivity contribution in [3.8, 4) is 0 Å². The first-order valence-corrected chi connectivity index (χ1v) is 7.42. The zero-order valence-electron chi connectivity index (χ0n) is 11.1. The van der Waals surface area contributed by atoms with Crippen LogP contribution in [0, 0.1) is 0 Å². The second-order valence-corrected chi connectivity index (χ2v) is 5.89. The lowest BCUT2D eigenvalue weighted by molar-refractivity contribution is 0.326. The monoisotopic (exact) mass is 244 g/mol. The number of benzene rings is 1. The number of nitrogens with two attached hydrogens (primary N) is 1. The van der Waals surface area contributed by atoms with Gasteiger partial charge in [-0.1, -0.05) is 31.0 Å². The topological polar surface area (TPSA) is 38.0 Å². The molecule has 0 aliphatic heterocycles. The van der Waals surface area contributed by atoms with E-state index in [0.29, 0.717) is 12.1 Å². The van der Waals surface area contributed by atoms with Gasteiger partial charge in [0.2, 0.25) is 0 Å². The summed E-state index contributed by atoms with van der Waals surface area (Å²) in [5.41, 5.74) is 10.7. The van der Waals surface area contributed by atoms with Gasteiger partial charge in [0.15, 0.2) is 0 Å². The Kier molecular flexibility index (Phi) is 3.67. The predicted octanol–water partition coefficient (Wildman–Crippen LogP) is 2.53. The Morgan fingerprint density at radius 2 is 1.89 bits per heavy atom. The summed E-state index contributed by atoms with van der Waals surface area (Å²) >= 11 is 0. The van der Waals surface area contributed by atoms with Crippen molar-refractivity contribution in [3.05, 3.63) is 34.9 Å². The minimum absolute atomic E-state index is 0.355. The minimum Gasteiger partial charge on any atom is -0.326 e. The van der Waals surface area contributed by atoms with Crippen LogP contribution in [0.15, 0.2) is 18.2 Å². The predicted molar refractivity (Wildman–Crippen MR) is 75.5 cm³/mol. The molecule has 0 heterocycles. The van der Waals surface area contributed by atoms with Crippen LogP contribution in [-0.4, -0.2) is 12.1 Å². The summed E-state index contributed by atoms with van der Waals surface area (Å²) in [6, 6.07) is 7.87. The molecule has 3 N–H and O–H groups in total. The molecule has 98 valence electrons. The molecular weight excluding hydrogens is 220 g/mol. The normalized spacial score (nSPS) is 27.2. The van der Waals surface area contributed by atoms with E-state index in [0.717, 1.165) is 6.54 Å². The number of rotatable bonds is 3. The zero-order valence-corrected chi connectivity index (χ0v) is 11.1. The molecule has 0 aromatic heterocycles. The molecule has 2 aliphatic carbocycles. The standard InChI is InChI=1S/C16H24N2/c17-15-6-1-2-7-16(15)18-11-12-8-9-13-4-3-5-14(13)10-12/h8-10,15-16,18H,1-7,11,17H2. The summed E-state index contributed by atoms with van der Waals surface area (Å²) < 4.78 is 0. The van der Waals surface area contributed by atoms with Crippen molar-refractivity contribution in [2.75, 3.05) is 0 Å². The first kappa shape index (κ1) is 12.2. The van der Waals surface area contributed by atoms with Gasteiger partial charge in [-0.3, -0.25) is 0 Å². The molecule has 0 spiro atoms. The summed E-state index contributed by atoms with van der Waals surface area (Å²) in [6.45, 7) is 0.978. The Labute approximate surface area is 110 Å². The van der Waals surface area contributed by atoms with Crippen LogP contribution < -0.4 is 11.1 Å². The summed E-state index contributed by atoms with van der Waals surface area (Å²) in [5.74, 6) is 0. The van der Waals surface area contributed by atoms with Gasteiger partial charge in [-0.2, -0.15) is 0 Å². The van der Waals surface area contributed by atoms with Crippen LogP contribution in [0.2, 0.25) is 0 Å². The van der Waals surface area contributed by atoms with Crippen LogP contribution in [0.3, 0.4) is 0 Å². The van der Waals surface area contributed by atoms with Gasteiger partial charge in [-0.05, 0) is 48.8 Å². The van der Waals surface area contributed by atoms with Crippen molar-refractivity contribution >= 4 is 0 Å². The third-order valence-corrected chi connectivity index (χ3v) is 4.55. The van der Waals surface area contributed by atoms with E-state index in [9.17, 15) is 0 Å². The van der Waals surface area contributed by atoms with Gasteiger partial charge >= 0.3 is 0 Å². The van der Waals surface area contributed by atoms with E-state index in [-0.39, 0.29) is 0 Å². The fourth-order valence-corrected chi connectivity index (χ4v) is 3.40. The largest absolute Gasteiger partial charge is 0.326 e. The number of aryl methyl sites for hydroxylation is 2. The van der Waals surface area contributed by atoms with Gasteiger partial charge in [0.05, 0.1) is 0 Å². The van der Waals surface area contributed by atoms with Crippen LogP contribution in [0.4, 0.5) is 0 Å². The van der Waals surface area contributed by atoms with Gasteiger partial charge in [0.25, 0.3) is 0 Å². The average molecular weight is 244 g/mol. The highest BCUT2D eigenvalue weighted by molar-refractivity contribution is 5.35. The average Bonchev–Trinajstić information content (AvgIpc) is 2.85. The molecule has 2 atom stereocenters. The number of hydrogen-bond acceptors (Lipinski definition) is 2. The molecule has 2 heteroatoms. The first-order valence-electron chi connectivity index (χ1n) is 7.42. The van der Waals surface area contributed by atoms with Crippen LogP contribution >= 0.6 is 0 Å². The summed E-state index contributed by atoms with van der Waals surface area (Å²) in [7, 11) is 0. The molecular formula is C16H24N2. The Morgan fingerprint density at radius 1 is 1.06 bits per heavy atom. The summed E-state index contributed by atoms with van der Waals surface area (Å²) in [6.07, 6.45) is 8.93. The second kappa shape index (κ2) is 5.41. The molecule has 1 aromatic rings. The van der Waals surface area contributed by atoms with Crippen molar-refractivity contribution in [2.24, 2.45) is 5.73 Å². The third kappa shape index (κ3) is 2.60. The van der Waals surface area contributed by atoms with Gasteiger partial charge in [0.1, 0.15) is 0 Å². The van der Waals surface area contributed by atoms with Crippen molar-refractivity contribution < 1.29 is 0 Å². The van der Waals surface area contributed by atoms with Gasteiger partial charge in [-0.25, -0.2) is 0 Å². The lowest BCUT2D eigenvalue weighted by atomic mass is 9.91. The molecule has 0 bridgehead atoms. The summed E-state index contributed by atoms with van der Waals surface area (Å²) in [4.78, 5) is 0. The molecule has 18 heavy (non-hydrogen) atoms. The van der Waals surface area contributed by atoms with Crippen molar-refractivity contribution in [1.82, 2.24) is 5.32 Å². The Hall–Kier alpha value is -0.860. The fourth-order valence-electron chi connectivity index (χ4n) is 3.40. The van der Waals surface area contributed by atoms with Crippen LogP contribution in [0.25, 0.3) is 0 Å². The Bertz CT molecular complexity index is 414. The molecule has 3 rings (SSSR count). The maximum Gasteiger partial charge on any atom is 0.0222 e. The molecule has 1 aromatic carbocycles. The van der Waals surface area contributed by atoms with Crippen molar-refractivity contribution in [3.63, 3.8) is 0 Å². The van der Waals surface area contributed by atoms with Gasteiger partial charge in [-0.15, -0.1) is 0 Å². The van der Waals surface area contributed by atoms with E-state index in [1.165, 1.54) is 50.5 Å². The van der Waals surface area contributed by atoms with E-state index >= 15 is 0 Å².